The van der Waals surface area contributed by atoms with Gasteiger partial charge in [-0.05, 0) is 0 Å². The van der Waals surface area contributed by atoms with E-state index < -0.39 is 21.1 Å². The van der Waals surface area contributed by atoms with Crippen molar-refractivity contribution in [3.8, 4) is 0 Å². The second-order valence-corrected chi connectivity index (χ2v) is 0.559. The van der Waals surface area contributed by atoms with E-state index in [1.165, 1.54) is 0 Å². The predicted molar refractivity (Wildman–Crippen MR) is 12.9 cm³/mol. The molecule has 0 aliphatic rings. The predicted octanol–water partition coefficient (Wildman–Crippen LogP) is -0.999. The molecule has 0 amide bonds. The second-order valence-electron chi connectivity index (χ2n) is 0.0833. The van der Waals surface area contributed by atoms with Gasteiger partial charge in [0.15, 0.2) is 0 Å². The Balaban J connectivity index is 0. The summed E-state index contributed by atoms with van der Waals surface area (Å²) in [5.74, 6) is 0. The second kappa shape index (κ2) is 9.00. The summed E-state index contributed by atoms with van der Waals surface area (Å²) in [5.41, 5.74) is 0. The molecule has 1 radical (unpaired) electrons. The summed E-state index contributed by atoms with van der Waals surface area (Å²) in [4.78, 5) is 0. The molecule has 0 bridgehead atoms. The Morgan fingerprint density at radius 2 is 1.25 bits per heavy atom. The maximum atomic E-state index is 8.54. The molecule has 0 rings (SSSR count). The molecule has 2 nitrogen and oxygen atoms in total. The van der Waals surface area contributed by atoms with Crippen LogP contribution < -0.4 is 0 Å². The van der Waals surface area contributed by atoms with E-state index in [-0.39, 0.29) is 18.9 Å². The van der Waals surface area contributed by atoms with Gasteiger partial charge in [-0.15, -0.1) is 0 Å². The molecule has 4 heteroatoms. The first-order valence-corrected chi connectivity index (χ1v) is 2.74. The van der Waals surface area contributed by atoms with Crippen molar-refractivity contribution in [2.75, 3.05) is 0 Å². The van der Waals surface area contributed by atoms with Gasteiger partial charge in [0.1, 0.15) is 0 Å². The molecule has 0 aromatic rings. The topological polar surface area (TPSA) is 34.1 Å². The minimum atomic E-state index is -2.27. The molecule has 0 saturated carbocycles. The van der Waals surface area contributed by atoms with E-state index in [1.54, 1.807) is 0 Å². The molecule has 0 aromatic carbocycles. The van der Waals surface area contributed by atoms with Crippen molar-refractivity contribution in [1.29, 1.82) is 0 Å². The van der Waals surface area contributed by atoms with Gasteiger partial charge in [0.2, 0.25) is 0 Å². The van der Waals surface area contributed by atoms with Gasteiger partial charge in [-0.2, -0.15) is 0 Å². The Morgan fingerprint density at radius 1 is 1.25 bits per heavy atom. The third kappa shape index (κ3) is 12.0. The Labute approximate surface area is 46.1 Å². The molecule has 0 spiro atoms. The van der Waals surface area contributed by atoms with Crippen LogP contribution in [-0.2, 0) is 6.15 Å². The first-order chi connectivity index (χ1) is 1.41. The molecule has 0 fully saturated rings. The van der Waals surface area contributed by atoms with Crippen LogP contribution in [0, 0.1) is 0 Å². The number of rotatable bonds is 0. The zero-order valence-electron chi connectivity index (χ0n) is 2.32. The van der Waals surface area contributed by atoms with Gasteiger partial charge < -0.3 is 0 Å². The van der Waals surface area contributed by atoms with E-state index >= 15 is 0 Å². The van der Waals surface area contributed by atoms with Crippen LogP contribution in [0.25, 0.3) is 0 Å². The van der Waals surface area contributed by atoms with E-state index in [4.69, 9.17) is 6.15 Å². The summed E-state index contributed by atoms with van der Waals surface area (Å²) in [5, 5.41) is 0. The van der Waals surface area contributed by atoms with Crippen molar-refractivity contribution in [3.63, 3.8) is 0 Å². The van der Waals surface area contributed by atoms with E-state index in [2.05, 4.69) is 0 Å². The van der Waals surface area contributed by atoms with Gasteiger partial charge in [0, 0.05) is 18.9 Å². The average molecular weight is 158 g/mol. The van der Waals surface area contributed by atoms with Gasteiger partial charge >= 0.3 is 27.3 Å². The molecule has 0 saturated heterocycles. The Bertz CT molecular complexity index is 27.0. The molecular formula is LiO2Sn. The summed E-state index contributed by atoms with van der Waals surface area (Å²) in [6, 6.07) is 0. The third-order valence-electron chi connectivity index (χ3n) is 0. The summed E-state index contributed by atoms with van der Waals surface area (Å²) in [6.07, 6.45) is 0. The van der Waals surface area contributed by atoms with Crippen LogP contribution in [0.2, 0.25) is 0 Å². The minimum absolute atomic E-state index is 0. The molecule has 0 atom stereocenters. The third-order valence-corrected chi connectivity index (χ3v) is 0. The summed E-state index contributed by atoms with van der Waals surface area (Å²) in [7, 11) is 0. The van der Waals surface area contributed by atoms with Crippen LogP contribution >= 0.6 is 0 Å². The van der Waals surface area contributed by atoms with Gasteiger partial charge in [-0.3, -0.25) is 0 Å². The first-order valence-electron chi connectivity index (χ1n) is 0.408. The normalized spacial score (nSPS) is 2.00. The van der Waals surface area contributed by atoms with E-state index in [0.717, 1.165) is 0 Å². The molecule has 0 aliphatic heterocycles. The number of hydrogen-bond donors (Lipinski definition) is 0. The fourth-order valence-corrected chi connectivity index (χ4v) is 0. The van der Waals surface area contributed by atoms with Crippen molar-refractivity contribution in [2.45, 2.75) is 0 Å². The Morgan fingerprint density at radius 3 is 1.25 bits per heavy atom. The molecule has 0 heterocycles. The SMILES string of the molecule is [Li].[O]=[Sn]=[O]. The zero-order valence-corrected chi connectivity index (χ0v) is 5.17. The van der Waals surface area contributed by atoms with E-state index in [0.29, 0.717) is 0 Å². The molecule has 4 heavy (non-hydrogen) atoms. The molecular weight excluding hydrogens is 158 g/mol. The first kappa shape index (κ1) is 8.89. The van der Waals surface area contributed by atoms with Crippen LogP contribution in [0.15, 0.2) is 0 Å². The zero-order chi connectivity index (χ0) is 2.71. The monoisotopic (exact) mass is 159 g/mol. The van der Waals surface area contributed by atoms with Crippen molar-refractivity contribution in [1.82, 2.24) is 0 Å². The fourth-order valence-electron chi connectivity index (χ4n) is 0. The van der Waals surface area contributed by atoms with Gasteiger partial charge in [-0.1, -0.05) is 0 Å². The summed E-state index contributed by atoms with van der Waals surface area (Å²) < 4.78 is 17.1. The van der Waals surface area contributed by atoms with Gasteiger partial charge in [0.25, 0.3) is 0 Å². The Kier molecular flexibility index (Phi) is 20.0. The number of hydrogen-bond acceptors (Lipinski definition) is 2. The molecule has 0 N–H and O–H groups in total. The maximum absolute atomic E-state index is 8.54. The van der Waals surface area contributed by atoms with E-state index in [9.17, 15) is 0 Å². The van der Waals surface area contributed by atoms with Crippen LogP contribution in [0.1, 0.15) is 0 Å². The average Bonchev–Trinajstić information content (AvgIpc) is 0.918. The quantitative estimate of drug-likeness (QED) is 0.423. The van der Waals surface area contributed by atoms with Crippen LogP contribution in [0.3, 0.4) is 0 Å². The van der Waals surface area contributed by atoms with Crippen LogP contribution in [0.4, 0.5) is 0 Å². The summed E-state index contributed by atoms with van der Waals surface area (Å²) >= 11 is -2.27. The van der Waals surface area contributed by atoms with Crippen LogP contribution in [-0.4, -0.2) is 40.0 Å². The molecule has 0 aromatic heterocycles. The van der Waals surface area contributed by atoms with Crippen molar-refractivity contribution >= 4 is 40.0 Å². The van der Waals surface area contributed by atoms with Crippen LogP contribution in [0.5, 0.6) is 0 Å². The molecule has 0 unspecified atom stereocenters. The molecule has 0 aliphatic carbocycles. The van der Waals surface area contributed by atoms with Crippen molar-refractivity contribution < 1.29 is 6.15 Å². The summed E-state index contributed by atoms with van der Waals surface area (Å²) in [6.45, 7) is 0. The standard InChI is InChI=1S/Li.2O.Sn. The Hall–Kier alpha value is 0.996. The van der Waals surface area contributed by atoms with E-state index in [1.807, 2.05) is 0 Å². The molecule has 17 valence electrons. The van der Waals surface area contributed by atoms with Crippen molar-refractivity contribution in [3.05, 3.63) is 0 Å². The van der Waals surface area contributed by atoms with Gasteiger partial charge in [0.05, 0.1) is 0 Å². The fraction of sp³-hybridized carbons (Fsp3) is 0. The van der Waals surface area contributed by atoms with Gasteiger partial charge in [-0.25, -0.2) is 0 Å². The van der Waals surface area contributed by atoms with Crippen molar-refractivity contribution in [2.24, 2.45) is 0 Å².